The highest BCUT2D eigenvalue weighted by molar-refractivity contribution is 4.98. The van der Waals surface area contributed by atoms with Crippen molar-refractivity contribution < 1.29 is 0 Å². The molecule has 0 spiro atoms. The highest BCUT2D eigenvalue weighted by Gasteiger charge is 2.47. The molecule has 17 heavy (non-hydrogen) atoms. The minimum atomic E-state index is 0.771. The third-order valence-electron chi connectivity index (χ3n) is 5.64. The fourth-order valence-electron chi connectivity index (χ4n) is 4.47. The molecule has 2 rings (SSSR count). The summed E-state index contributed by atoms with van der Waals surface area (Å²) in [4.78, 5) is 0. The molecule has 0 aromatic heterocycles. The van der Waals surface area contributed by atoms with E-state index in [1.807, 2.05) is 0 Å². The quantitative estimate of drug-likeness (QED) is 0.457. The van der Waals surface area contributed by atoms with E-state index in [-0.39, 0.29) is 0 Å². The molecule has 0 nitrogen and oxygen atoms in total. The van der Waals surface area contributed by atoms with E-state index in [1.54, 1.807) is 32.1 Å². The van der Waals surface area contributed by atoms with Gasteiger partial charge in [0.15, 0.2) is 0 Å². The minimum absolute atomic E-state index is 0.771. The molecule has 0 aliphatic heterocycles. The van der Waals surface area contributed by atoms with Crippen molar-refractivity contribution in [2.45, 2.75) is 90.9 Å². The van der Waals surface area contributed by atoms with E-state index in [1.165, 1.54) is 44.9 Å². The summed E-state index contributed by atoms with van der Waals surface area (Å²) in [7, 11) is 0. The van der Waals surface area contributed by atoms with Crippen molar-refractivity contribution in [1.82, 2.24) is 0 Å². The molecule has 0 heteroatoms. The van der Waals surface area contributed by atoms with Gasteiger partial charge in [-0.25, -0.2) is 0 Å². The Kier molecular flexibility index (Phi) is 4.94. The Morgan fingerprint density at radius 3 is 2.29 bits per heavy atom. The molecule has 2 saturated carbocycles. The van der Waals surface area contributed by atoms with Gasteiger partial charge in [0.2, 0.25) is 0 Å². The first-order chi connectivity index (χ1) is 8.24. The Morgan fingerprint density at radius 2 is 1.71 bits per heavy atom. The van der Waals surface area contributed by atoms with Gasteiger partial charge >= 0.3 is 0 Å². The van der Waals surface area contributed by atoms with Crippen LogP contribution in [0.25, 0.3) is 0 Å². The van der Waals surface area contributed by atoms with Crippen molar-refractivity contribution in [3.05, 3.63) is 0 Å². The third-order valence-corrected chi connectivity index (χ3v) is 5.64. The maximum absolute atomic E-state index is 2.58. The van der Waals surface area contributed by atoms with Crippen molar-refractivity contribution in [1.29, 1.82) is 0 Å². The van der Waals surface area contributed by atoms with Crippen LogP contribution in [-0.4, -0.2) is 0 Å². The lowest BCUT2D eigenvalue weighted by molar-refractivity contribution is 0.193. The second-order valence-electron chi connectivity index (χ2n) is 7.11. The van der Waals surface area contributed by atoms with E-state index in [0.717, 1.165) is 17.3 Å². The summed E-state index contributed by atoms with van der Waals surface area (Å²) >= 11 is 0. The second-order valence-corrected chi connectivity index (χ2v) is 7.11. The zero-order chi connectivity index (χ0) is 12.1. The molecule has 2 fully saturated rings. The Hall–Kier alpha value is 0. The van der Waals surface area contributed by atoms with Gasteiger partial charge in [-0.05, 0) is 49.4 Å². The zero-order valence-corrected chi connectivity index (χ0v) is 12.1. The molecule has 0 aromatic rings. The van der Waals surface area contributed by atoms with E-state index >= 15 is 0 Å². The lowest BCUT2D eigenvalue weighted by atomic mass is 9.74. The van der Waals surface area contributed by atoms with Gasteiger partial charge < -0.3 is 0 Å². The van der Waals surface area contributed by atoms with Crippen LogP contribution in [0.2, 0.25) is 0 Å². The summed E-state index contributed by atoms with van der Waals surface area (Å²) in [6.07, 6.45) is 18.1. The van der Waals surface area contributed by atoms with Gasteiger partial charge in [0.05, 0.1) is 0 Å². The Morgan fingerprint density at radius 1 is 1.00 bits per heavy atom. The molecule has 2 bridgehead atoms. The Labute approximate surface area is 109 Å². The molecule has 0 radical (unpaired) electrons. The van der Waals surface area contributed by atoms with Crippen molar-refractivity contribution >= 4 is 0 Å². The molecule has 100 valence electrons. The topological polar surface area (TPSA) is 0 Å². The van der Waals surface area contributed by atoms with Crippen LogP contribution in [0.5, 0.6) is 0 Å². The van der Waals surface area contributed by atoms with Gasteiger partial charge in [-0.2, -0.15) is 0 Å². The third kappa shape index (κ3) is 3.48. The van der Waals surface area contributed by atoms with Crippen LogP contribution >= 0.6 is 0 Å². The summed E-state index contributed by atoms with van der Waals surface area (Å²) in [5.41, 5.74) is 0.771. The van der Waals surface area contributed by atoms with Gasteiger partial charge in [-0.3, -0.25) is 0 Å². The van der Waals surface area contributed by atoms with Crippen molar-refractivity contribution in [2.75, 3.05) is 0 Å². The molecule has 2 aliphatic carbocycles. The molecule has 0 N–H and O–H groups in total. The highest BCUT2D eigenvalue weighted by Crippen LogP contribution is 2.58. The molecule has 0 amide bonds. The first-order valence-corrected chi connectivity index (χ1v) is 8.24. The van der Waals surface area contributed by atoms with E-state index in [0.29, 0.717) is 0 Å². The van der Waals surface area contributed by atoms with Gasteiger partial charge in [0, 0.05) is 0 Å². The molecular weight excluding hydrogens is 204 g/mol. The Balaban J connectivity index is 1.51. The van der Waals surface area contributed by atoms with Crippen LogP contribution in [0.15, 0.2) is 0 Å². The van der Waals surface area contributed by atoms with Crippen molar-refractivity contribution in [3.8, 4) is 0 Å². The molecule has 3 unspecified atom stereocenters. The fourth-order valence-corrected chi connectivity index (χ4v) is 4.47. The van der Waals surface area contributed by atoms with E-state index in [4.69, 9.17) is 0 Å². The van der Waals surface area contributed by atoms with Crippen LogP contribution in [0.4, 0.5) is 0 Å². The van der Waals surface area contributed by atoms with Gasteiger partial charge in [0.25, 0.3) is 0 Å². The molecule has 3 atom stereocenters. The van der Waals surface area contributed by atoms with Crippen LogP contribution in [0.3, 0.4) is 0 Å². The van der Waals surface area contributed by atoms with Crippen molar-refractivity contribution in [3.63, 3.8) is 0 Å². The van der Waals surface area contributed by atoms with Gasteiger partial charge in [0.1, 0.15) is 0 Å². The normalized spacial score (nSPS) is 35.6. The molecule has 0 saturated heterocycles. The van der Waals surface area contributed by atoms with Crippen LogP contribution in [0.1, 0.15) is 90.9 Å². The standard InChI is InChI=1S/C17H32/c1-3-4-5-6-7-8-9-10-16-13-15-11-12-17(16,2)14-15/h15-16H,3-14H2,1-2H3. The number of unbranched alkanes of at least 4 members (excludes halogenated alkanes) is 6. The van der Waals surface area contributed by atoms with Crippen LogP contribution in [-0.2, 0) is 0 Å². The molecule has 0 heterocycles. The summed E-state index contributed by atoms with van der Waals surface area (Å²) in [6.45, 7) is 4.88. The average Bonchev–Trinajstić information content (AvgIpc) is 2.83. The summed E-state index contributed by atoms with van der Waals surface area (Å²) in [5.74, 6) is 2.21. The van der Waals surface area contributed by atoms with E-state index in [2.05, 4.69) is 13.8 Å². The molecule has 0 aromatic carbocycles. The lowest BCUT2D eigenvalue weighted by Crippen LogP contribution is -2.21. The molecular formula is C17H32. The highest BCUT2D eigenvalue weighted by atomic mass is 14.5. The van der Waals surface area contributed by atoms with E-state index < -0.39 is 0 Å². The SMILES string of the molecule is CCCCCCCCCC1CC2CCC1(C)C2. The van der Waals surface area contributed by atoms with Crippen LogP contribution < -0.4 is 0 Å². The first kappa shape index (κ1) is 13.4. The number of hydrogen-bond acceptors (Lipinski definition) is 0. The fraction of sp³-hybridized carbons (Fsp3) is 1.00. The first-order valence-electron chi connectivity index (χ1n) is 8.24. The predicted octanol–water partition coefficient (Wildman–Crippen LogP) is 5.95. The van der Waals surface area contributed by atoms with E-state index in [9.17, 15) is 0 Å². The van der Waals surface area contributed by atoms with Crippen LogP contribution in [0, 0.1) is 17.3 Å². The van der Waals surface area contributed by atoms with Crippen molar-refractivity contribution in [2.24, 2.45) is 17.3 Å². The largest absolute Gasteiger partial charge is 0.0654 e. The minimum Gasteiger partial charge on any atom is -0.0654 e. The van der Waals surface area contributed by atoms with Gasteiger partial charge in [-0.15, -0.1) is 0 Å². The summed E-state index contributed by atoms with van der Waals surface area (Å²) < 4.78 is 0. The summed E-state index contributed by atoms with van der Waals surface area (Å²) in [5, 5.41) is 0. The Bertz CT molecular complexity index is 220. The monoisotopic (exact) mass is 236 g/mol. The maximum Gasteiger partial charge on any atom is -0.0295 e. The second kappa shape index (κ2) is 6.25. The number of fused-ring (bicyclic) bond motifs is 2. The summed E-state index contributed by atoms with van der Waals surface area (Å²) in [6, 6.07) is 0. The van der Waals surface area contributed by atoms with Gasteiger partial charge in [-0.1, -0.05) is 58.8 Å². The number of rotatable bonds is 8. The number of hydrogen-bond donors (Lipinski definition) is 0. The predicted molar refractivity (Wildman–Crippen MR) is 76.2 cm³/mol. The lowest BCUT2D eigenvalue weighted by Gasteiger charge is -2.31. The average molecular weight is 236 g/mol. The zero-order valence-electron chi connectivity index (χ0n) is 12.1. The maximum atomic E-state index is 2.58. The molecule has 2 aliphatic rings. The smallest absolute Gasteiger partial charge is 0.0295 e.